The Morgan fingerprint density at radius 2 is 2.24 bits per heavy atom. The van der Waals surface area contributed by atoms with E-state index in [1.807, 2.05) is 6.08 Å². The highest BCUT2D eigenvalue weighted by Gasteiger charge is 2.47. The highest BCUT2D eigenvalue weighted by Crippen LogP contribution is 2.36. The van der Waals surface area contributed by atoms with Gasteiger partial charge in [0.15, 0.2) is 5.60 Å². The number of fused-ring (bicyclic) bond motifs is 1. The van der Waals surface area contributed by atoms with Crippen molar-refractivity contribution in [1.82, 2.24) is 0 Å². The van der Waals surface area contributed by atoms with Gasteiger partial charge in [0.25, 0.3) is 0 Å². The monoisotopic (exact) mass is 299 g/mol. The molecule has 2 unspecified atom stereocenters. The van der Waals surface area contributed by atoms with E-state index in [-0.39, 0.29) is 17.3 Å². The summed E-state index contributed by atoms with van der Waals surface area (Å²) in [6.45, 7) is 5.74. The average molecular weight is 299 g/mol. The van der Waals surface area contributed by atoms with Crippen LogP contribution in [0.15, 0.2) is 11.6 Å². The molecular formula is C15H25NO5. The highest BCUT2D eigenvalue weighted by atomic mass is 16.6. The van der Waals surface area contributed by atoms with E-state index >= 15 is 0 Å². The molecule has 1 saturated heterocycles. The molecule has 2 aliphatic rings. The number of carbonyl (C=O) groups excluding carboxylic acids is 1. The minimum atomic E-state index is -1.92. The summed E-state index contributed by atoms with van der Waals surface area (Å²) in [7, 11) is 0. The fourth-order valence-corrected chi connectivity index (χ4v) is 3.37. The van der Waals surface area contributed by atoms with Gasteiger partial charge in [-0.2, -0.15) is 0 Å². The molecule has 6 heteroatoms. The van der Waals surface area contributed by atoms with Gasteiger partial charge in [0.1, 0.15) is 12.6 Å². The summed E-state index contributed by atoms with van der Waals surface area (Å²) in [5.41, 5.74) is -1.08. The molecule has 0 aromatic rings. The maximum absolute atomic E-state index is 12.4. The minimum absolute atomic E-state index is 0.0213. The quantitative estimate of drug-likeness (QED) is 0.338. The molecule has 2 aliphatic heterocycles. The number of hydrogen-bond acceptors (Lipinski definition) is 5. The van der Waals surface area contributed by atoms with E-state index in [0.717, 1.165) is 18.4 Å². The Labute approximate surface area is 125 Å². The van der Waals surface area contributed by atoms with Crippen molar-refractivity contribution in [1.29, 1.82) is 0 Å². The largest absolute Gasteiger partial charge is 0.632 e. The van der Waals surface area contributed by atoms with E-state index in [0.29, 0.717) is 13.1 Å². The van der Waals surface area contributed by atoms with Crippen molar-refractivity contribution in [2.45, 2.75) is 51.4 Å². The zero-order chi connectivity index (χ0) is 15.8. The smallest absolute Gasteiger partial charge is 0.341 e. The molecule has 2 rings (SSSR count). The number of aliphatic hydroxyl groups excluding tert-OH is 1. The van der Waals surface area contributed by atoms with Crippen LogP contribution in [0.4, 0.5) is 0 Å². The Morgan fingerprint density at radius 3 is 2.81 bits per heavy atom. The SMILES string of the molecule is CC(C)C(O)(C(=O)OCC1=CC[N@+]2([O-])CCCC12)[C@H](C)O. The maximum atomic E-state index is 12.4. The molecule has 1 fully saturated rings. The number of hydroxylamine groups is 3. The molecule has 0 aliphatic carbocycles. The first-order valence-corrected chi connectivity index (χ1v) is 7.56. The Hall–Kier alpha value is -0.950. The van der Waals surface area contributed by atoms with Gasteiger partial charge in [-0.3, -0.25) is 0 Å². The van der Waals surface area contributed by atoms with Crippen molar-refractivity contribution in [2.75, 3.05) is 19.7 Å². The lowest BCUT2D eigenvalue weighted by Crippen LogP contribution is -2.53. The number of rotatable bonds is 5. The standard InChI is InChI=1S/C15H25NO5/c1-10(2)15(19,11(3)17)14(18)21-9-12-6-8-16(20)7-4-5-13(12)16/h6,10-11,13,17,19H,4-5,7-9H2,1-3H3/t11-,13?,15?,16+/m0/s1. The lowest BCUT2D eigenvalue weighted by molar-refractivity contribution is -0.875. The number of quaternary nitrogens is 1. The van der Waals surface area contributed by atoms with Gasteiger partial charge in [-0.1, -0.05) is 13.8 Å². The van der Waals surface area contributed by atoms with E-state index < -0.39 is 23.6 Å². The van der Waals surface area contributed by atoms with Gasteiger partial charge in [0, 0.05) is 18.4 Å². The number of carbonyl (C=O) groups is 1. The van der Waals surface area contributed by atoms with Gasteiger partial charge in [-0.05, 0) is 18.9 Å². The molecule has 0 amide bonds. The van der Waals surface area contributed by atoms with Crippen LogP contribution in [-0.4, -0.2) is 58.3 Å². The van der Waals surface area contributed by atoms with Gasteiger partial charge < -0.3 is 24.8 Å². The van der Waals surface area contributed by atoms with Crippen LogP contribution in [0, 0.1) is 11.1 Å². The van der Waals surface area contributed by atoms with Crippen LogP contribution in [0.25, 0.3) is 0 Å². The first kappa shape index (κ1) is 16.4. The summed E-state index contributed by atoms with van der Waals surface area (Å²) in [6, 6.07) is -0.114. The fraction of sp³-hybridized carbons (Fsp3) is 0.800. The number of ether oxygens (including phenoxy) is 1. The summed E-state index contributed by atoms with van der Waals surface area (Å²) >= 11 is 0. The molecule has 0 bridgehead atoms. The van der Waals surface area contributed by atoms with Crippen molar-refractivity contribution >= 4 is 5.97 Å². The molecule has 2 N–H and O–H groups in total. The second-order valence-electron chi connectivity index (χ2n) is 6.53. The van der Waals surface area contributed by atoms with Gasteiger partial charge in [0.2, 0.25) is 0 Å². The second-order valence-corrected chi connectivity index (χ2v) is 6.53. The molecule has 120 valence electrons. The summed E-state index contributed by atoms with van der Waals surface area (Å²) in [5, 5.41) is 32.4. The average Bonchev–Trinajstić information content (AvgIpc) is 2.91. The Kier molecular flexibility index (Phi) is 4.44. The summed E-state index contributed by atoms with van der Waals surface area (Å²) < 4.78 is 4.96. The van der Waals surface area contributed by atoms with Crippen LogP contribution >= 0.6 is 0 Å². The van der Waals surface area contributed by atoms with Gasteiger partial charge in [0.05, 0.1) is 19.2 Å². The predicted octanol–water partition coefficient (Wildman–Crippen LogP) is 0.714. The van der Waals surface area contributed by atoms with Crippen LogP contribution in [0.1, 0.15) is 33.6 Å². The molecule has 0 saturated carbocycles. The van der Waals surface area contributed by atoms with E-state index in [2.05, 4.69) is 0 Å². The summed E-state index contributed by atoms with van der Waals surface area (Å²) in [5.74, 6) is -1.30. The molecule has 0 spiro atoms. The summed E-state index contributed by atoms with van der Waals surface area (Å²) in [4.78, 5) is 12.1. The van der Waals surface area contributed by atoms with Gasteiger partial charge in [-0.25, -0.2) is 4.79 Å². The predicted molar refractivity (Wildman–Crippen MR) is 76.9 cm³/mol. The molecule has 0 radical (unpaired) electrons. The van der Waals surface area contributed by atoms with Crippen molar-refractivity contribution < 1.29 is 24.4 Å². The Morgan fingerprint density at radius 1 is 1.57 bits per heavy atom. The number of hydrogen-bond donors (Lipinski definition) is 2. The molecule has 0 aromatic heterocycles. The maximum Gasteiger partial charge on any atom is 0.341 e. The van der Waals surface area contributed by atoms with E-state index in [9.17, 15) is 20.2 Å². The first-order valence-electron chi connectivity index (χ1n) is 7.56. The summed E-state index contributed by atoms with van der Waals surface area (Å²) in [6.07, 6.45) is 2.34. The Bertz CT molecular complexity index is 437. The van der Waals surface area contributed by atoms with Crippen LogP contribution in [0.3, 0.4) is 0 Å². The third-order valence-corrected chi connectivity index (χ3v) is 4.89. The minimum Gasteiger partial charge on any atom is -0.632 e. The number of aliphatic hydroxyl groups is 2. The van der Waals surface area contributed by atoms with Crippen molar-refractivity contribution in [2.24, 2.45) is 5.92 Å². The Balaban J connectivity index is 1.99. The van der Waals surface area contributed by atoms with Crippen LogP contribution in [0.5, 0.6) is 0 Å². The topological polar surface area (TPSA) is 89.8 Å². The van der Waals surface area contributed by atoms with E-state index in [1.54, 1.807) is 13.8 Å². The second kappa shape index (κ2) is 5.68. The van der Waals surface area contributed by atoms with Crippen LogP contribution < -0.4 is 0 Å². The third-order valence-electron chi connectivity index (χ3n) is 4.89. The van der Waals surface area contributed by atoms with Crippen LogP contribution in [-0.2, 0) is 9.53 Å². The molecule has 2 heterocycles. The normalized spacial score (nSPS) is 32.5. The van der Waals surface area contributed by atoms with E-state index in [1.165, 1.54) is 6.92 Å². The molecule has 6 nitrogen and oxygen atoms in total. The zero-order valence-corrected chi connectivity index (χ0v) is 12.9. The van der Waals surface area contributed by atoms with Gasteiger partial charge in [-0.15, -0.1) is 0 Å². The first-order chi connectivity index (χ1) is 9.71. The van der Waals surface area contributed by atoms with Crippen molar-refractivity contribution in [3.05, 3.63) is 16.9 Å². The number of esters is 1. The molecular weight excluding hydrogens is 274 g/mol. The highest BCUT2D eigenvalue weighted by molar-refractivity contribution is 5.80. The molecule has 0 aromatic carbocycles. The van der Waals surface area contributed by atoms with Crippen molar-refractivity contribution in [3.8, 4) is 0 Å². The van der Waals surface area contributed by atoms with E-state index in [4.69, 9.17) is 4.74 Å². The van der Waals surface area contributed by atoms with Crippen molar-refractivity contribution in [3.63, 3.8) is 0 Å². The lowest BCUT2D eigenvalue weighted by Gasteiger charge is -2.40. The zero-order valence-electron chi connectivity index (χ0n) is 12.9. The number of nitrogens with zero attached hydrogens (tertiary/aromatic N) is 1. The third kappa shape index (κ3) is 2.73. The van der Waals surface area contributed by atoms with Gasteiger partial charge >= 0.3 is 5.97 Å². The molecule has 4 atom stereocenters. The lowest BCUT2D eigenvalue weighted by atomic mass is 9.85. The molecule has 21 heavy (non-hydrogen) atoms. The fourth-order valence-electron chi connectivity index (χ4n) is 3.37. The van der Waals surface area contributed by atoms with Crippen LogP contribution in [0.2, 0.25) is 0 Å².